The molecule has 34 valence electrons. The molecule has 0 bridgehead atoms. The van der Waals surface area contributed by atoms with Crippen LogP contribution in [0.5, 0.6) is 0 Å². The first-order chi connectivity index (χ1) is 2.77. The Hall–Kier alpha value is 0.272. The van der Waals surface area contributed by atoms with Crippen LogP contribution in [0.4, 0.5) is 0 Å². The second-order valence-electron chi connectivity index (χ2n) is 1.71. The van der Waals surface area contributed by atoms with Gasteiger partial charge in [0.1, 0.15) is 0 Å². The first kappa shape index (κ1) is 6.27. The van der Waals surface area contributed by atoms with E-state index < -0.39 is 0 Å². The molecule has 0 saturated heterocycles. The summed E-state index contributed by atoms with van der Waals surface area (Å²) in [6, 6.07) is 0. The fourth-order valence-electron chi connectivity index (χ4n) is 0.427. The van der Waals surface area contributed by atoms with E-state index in [1.165, 1.54) is 33.6 Å². The highest BCUT2D eigenvalue weighted by Gasteiger charge is 1.76. The van der Waals surface area contributed by atoms with Crippen LogP contribution in [-0.2, 0) is 0 Å². The van der Waals surface area contributed by atoms with Gasteiger partial charge in [-0.25, -0.2) is 0 Å². The predicted molar refractivity (Wildman–Crippen MR) is 32.8 cm³/mol. The third-order valence-electron chi connectivity index (χ3n) is 0.677. The zero-order valence-corrected chi connectivity index (χ0v) is 6.62. The molecule has 0 atom stereocenters. The quantitative estimate of drug-likeness (QED) is 0.357. The lowest BCUT2D eigenvalue weighted by atomic mass is 10.3. The molecular formula is C5H11Al. The van der Waals surface area contributed by atoms with Crippen LogP contribution < -0.4 is 0 Å². The van der Waals surface area contributed by atoms with Gasteiger partial charge in [0.25, 0.3) is 0 Å². The van der Waals surface area contributed by atoms with E-state index in [2.05, 4.69) is 13.5 Å². The third kappa shape index (κ3) is 4.27. The molecule has 0 spiro atoms. The highest BCUT2D eigenvalue weighted by Crippen LogP contribution is 1.95. The van der Waals surface area contributed by atoms with Gasteiger partial charge >= 0.3 is 0 Å². The molecule has 0 unspecified atom stereocenters. The molecule has 6 heavy (non-hydrogen) atoms. The molecule has 0 aromatic heterocycles. The van der Waals surface area contributed by atoms with Gasteiger partial charge in [-0.15, -0.1) is 6.58 Å². The van der Waals surface area contributed by atoms with Crippen molar-refractivity contribution in [2.75, 3.05) is 0 Å². The van der Waals surface area contributed by atoms with Gasteiger partial charge in [0, 0.05) is 0 Å². The molecule has 0 aliphatic carbocycles. The average molecular weight is 98.1 g/mol. The summed E-state index contributed by atoms with van der Waals surface area (Å²) in [6.45, 7) is 5.85. The number of rotatable bonds is 2. The van der Waals surface area contributed by atoms with Crippen molar-refractivity contribution in [2.45, 2.75) is 18.6 Å². The topological polar surface area (TPSA) is 0 Å². The Morgan fingerprint density at radius 3 is 2.33 bits per heavy atom. The molecule has 0 saturated carbocycles. The van der Waals surface area contributed by atoms with E-state index in [1.807, 2.05) is 0 Å². The van der Waals surface area contributed by atoms with E-state index in [0.29, 0.717) is 0 Å². The first-order valence-corrected chi connectivity index (χ1v) is 3.83. The van der Waals surface area contributed by atoms with Crippen LogP contribution in [0.3, 0.4) is 0 Å². The maximum atomic E-state index is 3.77. The van der Waals surface area contributed by atoms with E-state index in [9.17, 15) is 0 Å². The van der Waals surface area contributed by atoms with Gasteiger partial charge in [-0.05, 0) is 13.3 Å². The predicted octanol–water partition coefficient (Wildman–Crippen LogP) is 1.00. The van der Waals surface area contributed by atoms with Crippen molar-refractivity contribution in [1.82, 2.24) is 0 Å². The fourth-order valence-corrected chi connectivity index (χ4v) is 1.28. The number of hydrogen-bond acceptors (Lipinski definition) is 0. The van der Waals surface area contributed by atoms with Crippen molar-refractivity contribution in [3.63, 3.8) is 0 Å². The Balaban J connectivity index is 2.83. The van der Waals surface area contributed by atoms with Crippen molar-refractivity contribution >= 4 is 16.3 Å². The van der Waals surface area contributed by atoms with E-state index >= 15 is 0 Å². The van der Waals surface area contributed by atoms with E-state index in [1.54, 1.807) is 0 Å². The van der Waals surface area contributed by atoms with E-state index in [-0.39, 0.29) is 0 Å². The molecule has 0 aromatic rings. The van der Waals surface area contributed by atoms with Crippen LogP contribution in [0.15, 0.2) is 12.2 Å². The summed E-state index contributed by atoms with van der Waals surface area (Å²) in [5.74, 6) is 0. The summed E-state index contributed by atoms with van der Waals surface area (Å²) in [6.07, 6.45) is 1.24. The zero-order chi connectivity index (χ0) is 4.99. The fraction of sp³-hybridized carbons (Fsp3) is 0.600. The Bertz CT molecular complexity index is 47.9. The summed E-state index contributed by atoms with van der Waals surface area (Å²) in [7, 11) is 0. The minimum atomic E-state index is 1.24. The molecule has 0 amide bonds. The van der Waals surface area contributed by atoms with Crippen LogP contribution in [0.2, 0.25) is 5.28 Å². The Kier molecular flexibility index (Phi) is 3.62. The second-order valence-corrected chi connectivity index (χ2v) is 2.71. The summed E-state index contributed by atoms with van der Waals surface area (Å²) in [5, 5.41) is 1.37. The van der Waals surface area contributed by atoms with Crippen molar-refractivity contribution in [2.24, 2.45) is 0 Å². The Morgan fingerprint density at radius 1 is 1.83 bits per heavy atom. The molecule has 0 nitrogen and oxygen atoms in total. The minimum absolute atomic E-state index is 1.24. The summed E-state index contributed by atoms with van der Waals surface area (Å²) in [4.78, 5) is 0. The smallest absolute Gasteiger partial charge is 0.100 e. The van der Waals surface area contributed by atoms with Gasteiger partial charge in [-0.3, -0.25) is 0 Å². The van der Waals surface area contributed by atoms with Crippen LogP contribution in [-0.4, -0.2) is 16.3 Å². The normalized spacial score (nSPS) is 8.17. The summed E-state index contributed by atoms with van der Waals surface area (Å²) >= 11 is 1.33. The SMILES string of the molecule is C=C(C)C[CH2][AlH2]. The van der Waals surface area contributed by atoms with Crippen LogP contribution >= 0.6 is 0 Å². The summed E-state index contributed by atoms with van der Waals surface area (Å²) in [5.41, 5.74) is 1.32. The van der Waals surface area contributed by atoms with Crippen LogP contribution in [0, 0.1) is 0 Å². The zero-order valence-electron chi connectivity index (χ0n) is 4.62. The molecule has 1 heteroatoms. The van der Waals surface area contributed by atoms with Crippen molar-refractivity contribution in [3.05, 3.63) is 12.2 Å². The van der Waals surface area contributed by atoms with Gasteiger partial charge in [0.2, 0.25) is 16.3 Å². The highest BCUT2D eigenvalue weighted by atomic mass is 27.0. The van der Waals surface area contributed by atoms with Crippen LogP contribution in [0.25, 0.3) is 0 Å². The van der Waals surface area contributed by atoms with Gasteiger partial charge in [-0.2, -0.15) is 0 Å². The third-order valence-corrected chi connectivity index (χ3v) is 1.18. The number of hydrogen-bond donors (Lipinski definition) is 0. The molecule has 0 heterocycles. The molecule has 0 aliphatic heterocycles. The highest BCUT2D eigenvalue weighted by molar-refractivity contribution is 6.08. The molecule has 0 aliphatic rings. The summed E-state index contributed by atoms with van der Waals surface area (Å²) < 4.78 is 0. The average Bonchev–Trinajstić information content (AvgIpc) is 1.35. The Morgan fingerprint density at radius 2 is 2.33 bits per heavy atom. The van der Waals surface area contributed by atoms with Crippen LogP contribution in [0.1, 0.15) is 13.3 Å². The maximum absolute atomic E-state index is 3.77. The largest absolute Gasteiger partial charge is 0.212 e. The Labute approximate surface area is 47.7 Å². The minimum Gasteiger partial charge on any atom is -0.100 e. The van der Waals surface area contributed by atoms with Gasteiger partial charge in [0.15, 0.2) is 0 Å². The van der Waals surface area contributed by atoms with Crippen molar-refractivity contribution < 1.29 is 0 Å². The molecule has 0 rings (SSSR count). The second kappa shape index (κ2) is 3.46. The molecule has 0 N–H and O–H groups in total. The number of allylic oxidation sites excluding steroid dienone is 1. The first-order valence-electron chi connectivity index (χ1n) is 2.41. The van der Waals surface area contributed by atoms with Crippen molar-refractivity contribution in [1.29, 1.82) is 0 Å². The molecule has 0 radical (unpaired) electrons. The lowest BCUT2D eigenvalue weighted by Crippen LogP contribution is -1.69. The lowest BCUT2D eigenvalue weighted by Gasteiger charge is -1.87. The molecule has 0 aromatic carbocycles. The van der Waals surface area contributed by atoms with Gasteiger partial charge in [-0.1, -0.05) is 10.9 Å². The standard InChI is InChI=1S/C5H9.Al.2H/c1-4-5(2)3;;;/h1-2,4H2,3H3;;;. The van der Waals surface area contributed by atoms with Gasteiger partial charge in [0.05, 0.1) is 0 Å². The lowest BCUT2D eigenvalue weighted by molar-refractivity contribution is 1.10. The monoisotopic (exact) mass is 98.1 g/mol. The van der Waals surface area contributed by atoms with Gasteiger partial charge < -0.3 is 0 Å². The van der Waals surface area contributed by atoms with E-state index in [0.717, 1.165) is 0 Å². The maximum Gasteiger partial charge on any atom is 0.212 e. The molecular weight excluding hydrogens is 87.0 g/mol. The van der Waals surface area contributed by atoms with Crippen molar-refractivity contribution in [3.8, 4) is 0 Å². The van der Waals surface area contributed by atoms with E-state index in [4.69, 9.17) is 0 Å². The molecule has 0 fully saturated rings.